The Morgan fingerprint density at radius 2 is 1.95 bits per heavy atom. The minimum atomic E-state index is -0.527. The van der Waals surface area contributed by atoms with Crippen molar-refractivity contribution in [2.24, 2.45) is 0 Å². The molecule has 3 nitrogen and oxygen atoms in total. The molecule has 0 saturated heterocycles. The van der Waals surface area contributed by atoms with E-state index < -0.39 is 6.10 Å². The average Bonchev–Trinajstić information content (AvgIpc) is 2.47. The lowest BCUT2D eigenvalue weighted by Crippen LogP contribution is -2.13. The fourth-order valence-corrected chi connectivity index (χ4v) is 2.18. The predicted molar refractivity (Wildman–Crippen MR) is 82.4 cm³/mol. The Labute approximate surface area is 120 Å². The maximum atomic E-state index is 10.3. The third-order valence-corrected chi connectivity index (χ3v) is 3.36. The van der Waals surface area contributed by atoms with Gasteiger partial charge >= 0.3 is 0 Å². The van der Waals surface area contributed by atoms with E-state index >= 15 is 0 Å². The number of aliphatic hydroxyl groups is 1. The van der Waals surface area contributed by atoms with Gasteiger partial charge in [0.25, 0.3) is 0 Å². The molecule has 1 atom stereocenters. The van der Waals surface area contributed by atoms with E-state index in [0.29, 0.717) is 6.54 Å². The van der Waals surface area contributed by atoms with E-state index in [1.807, 2.05) is 50.2 Å². The zero-order valence-electron chi connectivity index (χ0n) is 12.2. The molecule has 2 aromatic rings. The second-order valence-corrected chi connectivity index (χ2v) is 4.99. The molecule has 0 radical (unpaired) electrons. The summed E-state index contributed by atoms with van der Waals surface area (Å²) in [5.74, 6) is 0.802. The van der Waals surface area contributed by atoms with Gasteiger partial charge in [-0.2, -0.15) is 0 Å². The molecule has 2 rings (SSSR count). The van der Waals surface area contributed by atoms with Gasteiger partial charge in [0.15, 0.2) is 0 Å². The largest absolute Gasteiger partial charge is 0.497 e. The Morgan fingerprint density at radius 1 is 1.15 bits per heavy atom. The van der Waals surface area contributed by atoms with E-state index in [-0.39, 0.29) is 0 Å². The van der Waals surface area contributed by atoms with Crippen LogP contribution in [0.25, 0.3) is 0 Å². The summed E-state index contributed by atoms with van der Waals surface area (Å²) in [4.78, 5) is 0. The maximum Gasteiger partial charge on any atom is 0.120 e. The number of hydrogen-bond donors (Lipinski definition) is 2. The molecule has 0 spiro atoms. The number of methoxy groups -OCH3 is 1. The van der Waals surface area contributed by atoms with Crippen LogP contribution in [0, 0.1) is 13.8 Å². The minimum Gasteiger partial charge on any atom is -0.497 e. The molecule has 0 bridgehead atoms. The van der Waals surface area contributed by atoms with Gasteiger partial charge in [-0.25, -0.2) is 0 Å². The topological polar surface area (TPSA) is 41.5 Å². The zero-order chi connectivity index (χ0) is 14.5. The van der Waals surface area contributed by atoms with Crippen molar-refractivity contribution in [2.45, 2.75) is 20.0 Å². The van der Waals surface area contributed by atoms with E-state index in [4.69, 9.17) is 4.74 Å². The first-order valence-electron chi connectivity index (χ1n) is 6.73. The Morgan fingerprint density at radius 3 is 2.70 bits per heavy atom. The first-order valence-corrected chi connectivity index (χ1v) is 6.73. The molecule has 0 aliphatic carbocycles. The van der Waals surface area contributed by atoms with Crippen LogP contribution in [0.15, 0.2) is 42.5 Å². The van der Waals surface area contributed by atoms with Crippen molar-refractivity contribution >= 4 is 5.69 Å². The Bertz CT molecular complexity index is 581. The van der Waals surface area contributed by atoms with Gasteiger partial charge in [0, 0.05) is 18.3 Å². The normalized spacial score (nSPS) is 12.0. The van der Waals surface area contributed by atoms with Gasteiger partial charge in [-0.05, 0) is 37.1 Å². The zero-order valence-corrected chi connectivity index (χ0v) is 12.2. The van der Waals surface area contributed by atoms with Crippen molar-refractivity contribution in [3.8, 4) is 5.75 Å². The third kappa shape index (κ3) is 3.52. The summed E-state index contributed by atoms with van der Waals surface area (Å²) < 4.78 is 5.18. The number of anilines is 1. The highest BCUT2D eigenvalue weighted by atomic mass is 16.5. The summed E-state index contributed by atoms with van der Waals surface area (Å²) in [6.45, 7) is 4.52. The van der Waals surface area contributed by atoms with E-state index in [1.54, 1.807) is 7.11 Å². The highest BCUT2D eigenvalue weighted by molar-refractivity contribution is 5.48. The van der Waals surface area contributed by atoms with Gasteiger partial charge in [0.1, 0.15) is 5.75 Å². The van der Waals surface area contributed by atoms with Gasteiger partial charge in [-0.15, -0.1) is 0 Å². The van der Waals surface area contributed by atoms with Crippen LogP contribution in [0.4, 0.5) is 5.69 Å². The van der Waals surface area contributed by atoms with Gasteiger partial charge < -0.3 is 15.2 Å². The smallest absolute Gasteiger partial charge is 0.120 e. The lowest BCUT2D eigenvalue weighted by atomic mass is 10.0. The van der Waals surface area contributed by atoms with E-state index in [9.17, 15) is 5.11 Å². The van der Waals surface area contributed by atoms with Crippen LogP contribution >= 0.6 is 0 Å². The predicted octanol–water partition coefficient (Wildman–Crippen LogP) is 3.46. The van der Waals surface area contributed by atoms with Crippen LogP contribution in [0.1, 0.15) is 22.8 Å². The number of benzene rings is 2. The quantitative estimate of drug-likeness (QED) is 0.875. The molecule has 2 aromatic carbocycles. The fourth-order valence-electron chi connectivity index (χ4n) is 2.18. The van der Waals surface area contributed by atoms with Crippen molar-refractivity contribution < 1.29 is 9.84 Å². The van der Waals surface area contributed by atoms with Crippen LogP contribution < -0.4 is 10.1 Å². The van der Waals surface area contributed by atoms with Crippen molar-refractivity contribution in [3.63, 3.8) is 0 Å². The molecular weight excluding hydrogens is 250 g/mol. The van der Waals surface area contributed by atoms with E-state index in [1.165, 1.54) is 0 Å². The van der Waals surface area contributed by atoms with E-state index in [2.05, 4.69) is 11.4 Å². The van der Waals surface area contributed by atoms with Crippen molar-refractivity contribution in [1.29, 1.82) is 0 Å². The molecule has 0 fully saturated rings. The Kier molecular flexibility index (Phi) is 4.64. The Hall–Kier alpha value is -2.00. The summed E-state index contributed by atoms with van der Waals surface area (Å²) in [5.41, 5.74) is 4.18. The van der Waals surface area contributed by atoms with Gasteiger partial charge in [0.05, 0.1) is 13.2 Å². The lowest BCUT2D eigenvalue weighted by Gasteiger charge is -2.16. The monoisotopic (exact) mass is 271 g/mol. The van der Waals surface area contributed by atoms with Gasteiger partial charge in [0.2, 0.25) is 0 Å². The lowest BCUT2D eigenvalue weighted by molar-refractivity contribution is 0.191. The number of nitrogens with one attached hydrogen (secondary N) is 1. The first kappa shape index (κ1) is 14.4. The molecule has 0 aromatic heterocycles. The molecule has 0 aliphatic rings. The molecule has 1 unspecified atom stereocenters. The van der Waals surface area contributed by atoms with Crippen molar-refractivity contribution in [3.05, 3.63) is 59.2 Å². The van der Waals surface area contributed by atoms with Gasteiger partial charge in [-0.1, -0.05) is 29.8 Å². The molecule has 0 amide bonds. The first-order chi connectivity index (χ1) is 9.60. The standard InChI is InChI=1S/C17H21NO2/c1-12-7-8-13(2)16(9-12)17(19)11-18-14-5-4-6-15(10-14)20-3/h4-10,17-19H,11H2,1-3H3. The van der Waals surface area contributed by atoms with Crippen molar-refractivity contribution in [1.82, 2.24) is 0 Å². The second kappa shape index (κ2) is 6.44. The Balaban J connectivity index is 2.04. The van der Waals surface area contributed by atoms with E-state index in [0.717, 1.165) is 28.1 Å². The van der Waals surface area contributed by atoms with Crippen LogP contribution in [-0.4, -0.2) is 18.8 Å². The average molecular weight is 271 g/mol. The van der Waals surface area contributed by atoms with Gasteiger partial charge in [-0.3, -0.25) is 0 Å². The molecule has 0 heterocycles. The maximum absolute atomic E-state index is 10.3. The SMILES string of the molecule is COc1cccc(NCC(O)c2cc(C)ccc2C)c1. The molecule has 0 aliphatic heterocycles. The molecule has 2 N–H and O–H groups in total. The number of ether oxygens (including phenoxy) is 1. The molecule has 3 heteroatoms. The highest BCUT2D eigenvalue weighted by Gasteiger charge is 2.10. The molecule has 106 valence electrons. The molecular formula is C17H21NO2. The number of rotatable bonds is 5. The number of aryl methyl sites for hydroxylation is 2. The minimum absolute atomic E-state index is 0.470. The van der Waals surface area contributed by atoms with Crippen LogP contribution in [-0.2, 0) is 0 Å². The van der Waals surface area contributed by atoms with Crippen LogP contribution in [0.3, 0.4) is 0 Å². The summed E-state index contributed by atoms with van der Waals surface area (Å²) in [5, 5.41) is 13.6. The number of aliphatic hydroxyl groups excluding tert-OH is 1. The van der Waals surface area contributed by atoms with Crippen LogP contribution in [0.5, 0.6) is 5.75 Å². The highest BCUT2D eigenvalue weighted by Crippen LogP contribution is 2.21. The summed E-state index contributed by atoms with van der Waals surface area (Å²) in [6, 6.07) is 13.8. The third-order valence-electron chi connectivity index (χ3n) is 3.36. The fraction of sp³-hybridized carbons (Fsp3) is 0.294. The van der Waals surface area contributed by atoms with Crippen molar-refractivity contribution in [2.75, 3.05) is 19.0 Å². The summed E-state index contributed by atoms with van der Waals surface area (Å²) in [6.07, 6.45) is -0.527. The molecule has 0 saturated carbocycles. The summed E-state index contributed by atoms with van der Waals surface area (Å²) in [7, 11) is 1.64. The number of hydrogen-bond acceptors (Lipinski definition) is 3. The van der Waals surface area contributed by atoms with Crippen LogP contribution in [0.2, 0.25) is 0 Å². The molecule has 20 heavy (non-hydrogen) atoms. The summed E-state index contributed by atoms with van der Waals surface area (Å²) >= 11 is 0. The second-order valence-electron chi connectivity index (χ2n) is 4.99.